The molecule has 9 heavy (non-hydrogen) atoms. The highest BCUT2D eigenvalue weighted by molar-refractivity contribution is 5.49. The normalized spacial score (nSPS) is 9.22. The van der Waals surface area contributed by atoms with E-state index in [1.165, 1.54) is 6.08 Å². The van der Waals surface area contributed by atoms with Crippen molar-refractivity contribution in [1.82, 2.24) is 0 Å². The van der Waals surface area contributed by atoms with Crippen LogP contribution in [0.25, 0.3) is 0 Å². The van der Waals surface area contributed by atoms with Crippen molar-refractivity contribution in [2.75, 3.05) is 0 Å². The second kappa shape index (κ2) is 6.90. The number of unbranched alkanes of at least 4 members (excludes halogenated alkanes) is 2. The second-order valence-corrected chi connectivity index (χ2v) is 1.63. The van der Waals surface area contributed by atoms with E-state index in [2.05, 4.69) is 0 Å². The first-order valence-electron chi connectivity index (χ1n) is 2.90. The van der Waals surface area contributed by atoms with E-state index in [9.17, 15) is 4.79 Å². The van der Waals surface area contributed by atoms with Gasteiger partial charge in [-0.2, -0.15) is 5.26 Å². The topological polar surface area (TPSA) is 40.9 Å². The summed E-state index contributed by atoms with van der Waals surface area (Å²) in [6, 6.07) is 1.88. The van der Waals surface area contributed by atoms with E-state index in [-0.39, 0.29) is 0 Å². The average molecular weight is 123 g/mol. The lowest BCUT2D eigenvalue weighted by Crippen LogP contribution is -1.72. The van der Waals surface area contributed by atoms with E-state index in [4.69, 9.17) is 5.26 Å². The summed E-state index contributed by atoms with van der Waals surface area (Å²) in [5, 5.41) is 8.02. The maximum absolute atomic E-state index is 9.75. The molecule has 0 N–H and O–H groups in total. The highest BCUT2D eigenvalue weighted by atomic mass is 16.1. The molecule has 0 radical (unpaired) electrons. The van der Waals surface area contributed by atoms with Crippen LogP contribution in [0.2, 0.25) is 0 Å². The van der Waals surface area contributed by atoms with Crippen LogP contribution in [0.5, 0.6) is 0 Å². The van der Waals surface area contributed by atoms with Gasteiger partial charge in [-0.05, 0) is 12.8 Å². The molecule has 2 nitrogen and oxygen atoms in total. The lowest BCUT2D eigenvalue weighted by Gasteiger charge is -1.82. The van der Waals surface area contributed by atoms with Gasteiger partial charge in [0.2, 0.25) is 0 Å². The number of hydrogen-bond donors (Lipinski definition) is 0. The molecule has 0 rings (SSSR count). The highest BCUT2D eigenvalue weighted by Gasteiger charge is 1.79. The Labute approximate surface area is 54.8 Å². The van der Waals surface area contributed by atoms with Gasteiger partial charge in [0.1, 0.15) is 6.29 Å². The predicted octanol–water partition coefficient (Wildman–Crippen LogP) is 1.44. The Bertz CT molecular complexity index is 132. The quantitative estimate of drug-likeness (QED) is 0.322. The Morgan fingerprint density at radius 2 is 2.22 bits per heavy atom. The fourth-order valence-electron chi connectivity index (χ4n) is 0.455. The van der Waals surface area contributed by atoms with E-state index in [0.29, 0.717) is 6.42 Å². The van der Waals surface area contributed by atoms with Gasteiger partial charge in [0, 0.05) is 12.5 Å². The van der Waals surface area contributed by atoms with Crippen molar-refractivity contribution in [3.63, 3.8) is 0 Å². The Balaban J connectivity index is 3.01. The zero-order valence-corrected chi connectivity index (χ0v) is 5.21. The molecule has 0 aliphatic carbocycles. The predicted molar refractivity (Wildman–Crippen MR) is 34.7 cm³/mol. The first-order chi connectivity index (χ1) is 4.41. The van der Waals surface area contributed by atoms with E-state index in [1.54, 1.807) is 6.08 Å². The smallest absolute Gasteiger partial charge is 0.120 e. The third-order valence-electron chi connectivity index (χ3n) is 0.885. The van der Waals surface area contributed by atoms with E-state index in [0.717, 1.165) is 19.1 Å². The number of nitrogens with zero attached hydrogens (tertiary/aromatic N) is 1. The zero-order chi connectivity index (χ0) is 6.95. The van der Waals surface area contributed by atoms with Crippen LogP contribution in [0.4, 0.5) is 0 Å². The van der Waals surface area contributed by atoms with Gasteiger partial charge in [-0.25, -0.2) is 0 Å². The summed E-state index contributed by atoms with van der Waals surface area (Å²) < 4.78 is 0. The third kappa shape index (κ3) is 6.90. The van der Waals surface area contributed by atoms with Crippen molar-refractivity contribution in [3.8, 4) is 6.07 Å². The molecule has 0 bridgehead atoms. The summed E-state index contributed by atoms with van der Waals surface area (Å²) in [6.45, 7) is 0. The van der Waals surface area contributed by atoms with Gasteiger partial charge < -0.3 is 4.79 Å². The van der Waals surface area contributed by atoms with E-state index < -0.39 is 0 Å². The van der Waals surface area contributed by atoms with Gasteiger partial charge in [0.05, 0.1) is 6.07 Å². The van der Waals surface area contributed by atoms with Gasteiger partial charge in [-0.1, -0.05) is 6.08 Å². The average Bonchev–Trinajstić information content (AvgIpc) is 1.89. The standard InChI is InChI=1S/C7H9NO/c8-6-4-2-1-3-5-7-9/h2,4,7H,1,3,5H2. The molecule has 0 aliphatic heterocycles. The first kappa shape index (κ1) is 7.90. The van der Waals surface area contributed by atoms with Gasteiger partial charge in [0.15, 0.2) is 0 Å². The molecule has 0 amide bonds. The molecular weight excluding hydrogens is 114 g/mol. The molecular formula is C7H9NO. The molecule has 0 unspecified atom stereocenters. The molecule has 48 valence electrons. The van der Waals surface area contributed by atoms with Crippen LogP contribution in [-0.2, 0) is 4.79 Å². The number of rotatable bonds is 4. The molecule has 0 aromatic rings. The Hall–Kier alpha value is -1.10. The van der Waals surface area contributed by atoms with Gasteiger partial charge >= 0.3 is 0 Å². The van der Waals surface area contributed by atoms with Crippen molar-refractivity contribution < 1.29 is 4.79 Å². The zero-order valence-electron chi connectivity index (χ0n) is 5.21. The number of carbonyl (C=O) groups excluding carboxylic acids is 1. The molecule has 0 aromatic heterocycles. The summed E-state index contributed by atoms with van der Waals surface area (Å²) in [7, 11) is 0. The molecule has 0 saturated heterocycles. The maximum atomic E-state index is 9.75. The lowest BCUT2D eigenvalue weighted by molar-refractivity contribution is -0.107. The van der Waals surface area contributed by atoms with Crippen LogP contribution >= 0.6 is 0 Å². The number of carbonyl (C=O) groups is 1. The Kier molecular flexibility index (Phi) is 6.06. The third-order valence-corrected chi connectivity index (χ3v) is 0.885. The van der Waals surface area contributed by atoms with Crippen LogP contribution in [0, 0.1) is 11.3 Å². The summed E-state index contributed by atoms with van der Waals surface area (Å²) in [6.07, 6.45) is 6.36. The van der Waals surface area contributed by atoms with Crippen molar-refractivity contribution in [2.45, 2.75) is 19.3 Å². The van der Waals surface area contributed by atoms with Crippen LogP contribution < -0.4 is 0 Å². The van der Waals surface area contributed by atoms with Crippen LogP contribution in [0.1, 0.15) is 19.3 Å². The van der Waals surface area contributed by atoms with Crippen LogP contribution in [-0.4, -0.2) is 6.29 Å². The lowest BCUT2D eigenvalue weighted by atomic mass is 10.2. The summed E-state index contributed by atoms with van der Waals surface area (Å²) >= 11 is 0. The molecule has 0 aromatic carbocycles. The number of nitriles is 1. The van der Waals surface area contributed by atoms with E-state index in [1.807, 2.05) is 6.07 Å². The molecule has 0 fully saturated rings. The first-order valence-corrected chi connectivity index (χ1v) is 2.90. The highest BCUT2D eigenvalue weighted by Crippen LogP contribution is 1.92. The fraction of sp³-hybridized carbons (Fsp3) is 0.429. The molecule has 0 atom stereocenters. The van der Waals surface area contributed by atoms with Gasteiger partial charge in [-0.15, -0.1) is 0 Å². The minimum absolute atomic E-state index is 0.593. The summed E-state index contributed by atoms with van der Waals surface area (Å²) in [5.74, 6) is 0. The Morgan fingerprint density at radius 3 is 2.78 bits per heavy atom. The van der Waals surface area contributed by atoms with Crippen LogP contribution in [0.3, 0.4) is 0 Å². The molecule has 2 heteroatoms. The number of hydrogen-bond acceptors (Lipinski definition) is 2. The maximum Gasteiger partial charge on any atom is 0.120 e. The summed E-state index contributed by atoms with van der Waals surface area (Å²) in [4.78, 5) is 9.75. The largest absolute Gasteiger partial charge is 0.303 e. The molecule has 0 aliphatic rings. The van der Waals surface area contributed by atoms with Crippen molar-refractivity contribution in [2.24, 2.45) is 0 Å². The minimum atomic E-state index is 0.593. The van der Waals surface area contributed by atoms with Crippen molar-refractivity contribution >= 4 is 6.29 Å². The molecule has 0 heterocycles. The van der Waals surface area contributed by atoms with Crippen LogP contribution in [0.15, 0.2) is 12.2 Å². The van der Waals surface area contributed by atoms with Gasteiger partial charge in [0.25, 0.3) is 0 Å². The van der Waals surface area contributed by atoms with E-state index >= 15 is 0 Å². The number of aldehydes is 1. The van der Waals surface area contributed by atoms with Crippen molar-refractivity contribution in [1.29, 1.82) is 5.26 Å². The molecule has 0 saturated carbocycles. The second-order valence-electron chi connectivity index (χ2n) is 1.63. The SMILES string of the molecule is N#CC=CCCCC=O. The van der Waals surface area contributed by atoms with Gasteiger partial charge in [-0.3, -0.25) is 0 Å². The monoisotopic (exact) mass is 123 g/mol. The Morgan fingerprint density at radius 1 is 1.44 bits per heavy atom. The minimum Gasteiger partial charge on any atom is -0.303 e. The number of allylic oxidation sites excluding steroid dienone is 2. The fourth-order valence-corrected chi connectivity index (χ4v) is 0.455. The van der Waals surface area contributed by atoms with Crippen molar-refractivity contribution in [3.05, 3.63) is 12.2 Å². The molecule has 0 spiro atoms. The summed E-state index contributed by atoms with van der Waals surface area (Å²) in [5.41, 5.74) is 0.